The molecule has 3 atom stereocenters. The van der Waals surface area contributed by atoms with E-state index in [2.05, 4.69) is 59.7 Å². The highest BCUT2D eigenvalue weighted by molar-refractivity contribution is 5.75. The molecule has 0 aromatic heterocycles. The lowest BCUT2D eigenvalue weighted by atomic mass is 9.80. The number of nitrogens with one attached hydrogen (secondary N) is 2. The highest BCUT2D eigenvalue weighted by atomic mass is 16.5. The molecule has 0 radical (unpaired) electrons. The smallest absolute Gasteiger partial charge is 0.317 e. The van der Waals surface area contributed by atoms with Crippen molar-refractivity contribution >= 4 is 11.7 Å². The van der Waals surface area contributed by atoms with Gasteiger partial charge < -0.3 is 44.1 Å². The second-order valence-corrected chi connectivity index (χ2v) is 12.7. The maximum Gasteiger partial charge on any atom is 0.317 e. The molecule has 3 aliphatic rings. The van der Waals surface area contributed by atoms with Crippen molar-refractivity contribution in [2.45, 2.75) is 63.3 Å². The van der Waals surface area contributed by atoms with Gasteiger partial charge in [-0.1, -0.05) is 18.2 Å². The van der Waals surface area contributed by atoms with E-state index < -0.39 is 0 Å². The normalized spacial score (nSPS) is 22.2. The van der Waals surface area contributed by atoms with Gasteiger partial charge in [-0.15, -0.1) is 0 Å². The van der Waals surface area contributed by atoms with Crippen molar-refractivity contribution in [2.24, 2.45) is 0 Å². The van der Waals surface area contributed by atoms with Crippen LogP contribution in [0.2, 0.25) is 0 Å². The molecule has 0 spiro atoms. The molecule has 2 amide bonds. The van der Waals surface area contributed by atoms with Gasteiger partial charge in [-0.05, 0) is 68.5 Å². The van der Waals surface area contributed by atoms with Crippen LogP contribution in [0.25, 0.3) is 0 Å². The number of piperidine rings is 1. The fraction of sp³-hybridized carbons (Fsp3) is 0.618. The number of fused-ring (bicyclic) bond motifs is 1. The summed E-state index contributed by atoms with van der Waals surface area (Å²) in [6.07, 6.45) is 2.68. The molecule has 2 fully saturated rings. The van der Waals surface area contributed by atoms with E-state index in [1.165, 1.54) is 5.56 Å². The van der Waals surface area contributed by atoms with Gasteiger partial charge in [0.2, 0.25) is 0 Å². The molecule has 10 heteroatoms. The molecule has 3 heterocycles. The minimum absolute atomic E-state index is 0.00390. The number of nitrogens with zero attached hydrogens (tertiary/aromatic N) is 2. The topological polar surface area (TPSA) is 93.8 Å². The minimum atomic E-state index is -0.370. The van der Waals surface area contributed by atoms with Gasteiger partial charge in [0.25, 0.3) is 0 Å². The molecular formula is C34H50N4O6. The van der Waals surface area contributed by atoms with Gasteiger partial charge in [0.15, 0.2) is 0 Å². The van der Waals surface area contributed by atoms with Crippen molar-refractivity contribution in [1.29, 1.82) is 0 Å². The number of carbonyl (C=O) groups is 1. The summed E-state index contributed by atoms with van der Waals surface area (Å²) >= 11 is 0. The van der Waals surface area contributed by atoms with Gasteiger partial charge in [-0.3, -0.25) is 0 Å². The lowest BCUT2D eigenvalue weighted by Crippen LogP contribution is -2.56. The molecule has 0 saturated carbocycles. The maximum atomic E-state index is 12.9. The van der Waals surface area contributed by atoms with Crippen molar-refractivity contribution in [2.75, 3.05) is 78.3 Å². The number of urea groups is 1. The van der Waals surface area contributed by atoms with E-state index >= 15 is 0 Å². The first kappa shape index (κ1) is 32.3. The number of amides is 2. The number of hydrogen-bond donors (Lipinski definition) is 2. The zero-order chi connectivity index (χ0) is 30.9. The van der Waals surface area contributed by atoms with E-state index in [0.29, 0.717) is 39.5 Å². The average molecular weight is 611 g/mol. The summed E-state index contributed by atoms with van der Waals surface area (Å²) in [5.41, 5.74) is 3.13. The minimum Gasteiger partial charge on any atom is -0.497 e. The lowest BCUT2D eigenvalue weighted by Gasteiger charge is -2.41. The highest BCUT2D eigenvalue weighted by Gasteiger charge is 2.36. The Morgan fingerprint density at radius 1 is 1.07 bits per heavy atom. The standard InChI is InChI=1S/C34H50N4O6/c1-34(2,36-33(39)38-13-17-42-18-14-38)22-27-21-29(26-7-9-28(41-4)10-8-26)32(23-35-27)44-24-25-6-11-31-30(20-25)37(15-19-43-31)12-5-16-40-3/h6-11,20,27,29,32,35H,5,12-19,21-24H2,1-4H3,(H,36,39)/t27-,29?,32-/m0/s1. The summed E-state index contributed by atoms with van der Waals surface area (Å²) in [6, 6.07) is 15.0. The van der Waals surface area contributed by atoms with Crippen LogP contribution in [0, 0.1) is 0 Å². The SMILES string of the molecule is COCCCN1CCOc2ccc(CO[C@H]3CN[C@H](CC(C)(C)NC(=O)N4CCOCC4)CC3c3ccc(OC)cc3)cc21. The van der Waals surface area contributed by atoms with Crippen molar-refractivity contribution in [1.82, 2.24) is 15.5 Å². The Balaban J connectivity index is 1.24. The Morgan fingerprint density at radius 2 is 1.86 bits per heavy atom. The van der Waals surface area contributed by atoms with Gasteiger partial charge in [0, 0.05) is 57.4 Å². The van der Waals surface area contributed by atoms with Crippen molar-refractivity contribution < 1.29 is 28.5 Å². The summed E-state index contributed by atoms with van der Waals surface area (Å²) in [6.45, 7) is 11.2. The number of rotatable bonds is 12. The molecule has 2 aromatic rings. The zero-order valence-electron chi connectivity index (χ0n) is 26.8. The third-order valence-electron chi connectivity index (χ3n) is 8.86. The Labute approximate surface area is 262 Å². The molecule has 2 N–H and O–H groups in total. The van der Waals surface area contributed by atoms with E-state index in [0.717, 1.165) is 68.3 Å². The van der Waals surface area contributed by atoms with E-state index in [9.17, 15) is 4.79 Å². The Hall–Kier alpha value is -3.05. The van der Waals surface area contributed by atoms with Crippen LogP contribution in [0.1, 0.15) is 50.2 Å². The van der Waals surface area contributed by atoms with E-state index in [1.807, 2.05) is 17.0 Å². The first-order valence-electron chi connectivity index (χ1n) is 16.0. The highest BCUT2D eigenvalue weighted by Crippen LogP contribution is 2.36. The summed E-state index contributed by atoms with van der Waals surface area (Å²) in [5, 5.41) is 7.02. The van der Waals surface area contributed by atoms with Crippen molar-refractivity contribution in [3.63, 3.8) is 0 Å². The van der Waals surface area contributed by atoms with Gasteiger partial charge in [0.1, 0.15) is 18.1 Å². The van der Waals surface area contributed by atoms with Crippen LogP contribution in [-0.2, 0) is 20.8 Å². The second kappa shape index (κ2) is 15.3. The van der Waals surface area contributed by atoms with Crippen molar-refractivity contribution in [3.8, 4) is 11.5 Å². The molecule has 2 saturated heterocycles. The monoisotopic (exact) mass is 610 g/mol. The Bertz CT molecular complexity index is 1200. The zero-order valence-corrected chi connectivity index (χ0v) is 26.8. The third-order valence-corrected chi connectivity index (χ3v) is 8.86. The van der Waals surface area contributed by atoms with Gasteiger partial charge >= 0.3 is 6.03 Å². The molecule has 0 bridgehead atoms. The van der Waals surface area contributed by atoms with E-state index in [1.54, 1.807) is 14.2 Å². The predicted octanol–water partition coefficient (Wildman–Crippen LogP) is 4.17. The molecule has 2 aromatic carbocycles. The summed E-state index contributed by atoms with van der Waals surface area (Å²) in [5.74, 6) is 1.97. The number of morpholine rings is 1. The number of anilines is 1. The molecule has 44 heavy (non-hydrogen) atoms. The molecule has 3 aliphatic heterocycles. The third kappa shape index (κ3) is 8.56. The van der Waals surface area contributed by atoms with Crippen LogP contribution in [0.4, 0.5) is 10.5 Å². The Morgan fingerprint density at radius 3 is 2.61 bits per heavy atom. The molecule has 1 unspecified atom stereocenters. The second-order valence-electron chi connectivity index (χ2n) is 12.7. The van der Waals surface area contributed by atoms with Gasteiger partial charge in [-0.25, -0.2) is 4.79 Å². The van der Waals surface area contributed by atoms with Gasteiger partial charge in [0.05, 0.1) is 45.3 Å². The molecule has 5 rings (SSSR count). The van der Waals surface area contributed by atoms with Crippen LogP contribution in [0.3, 0.4) is 0 Å². The number of ether oxygens (including phenoxy) is 5. The number of methoxy groups -OCH3 is 2. The fourth-order valence-corrected chi connectivity index (χ4v) is 6.54. The fourth-order valence-electron chi connectivity index (χ4n) is 6.54. The van der Waals surface area contributed by atoms with Crippen molar-refractivity contribution in [3.05, 3.63) is 53.6 Å². The largest absolute Gasteiger partial charge is 0.497 e. The van der Waals surface area contributed by atoms with Crippen LogP contribution in [0.5, 0.6) is 11.5 Å². The quantitative estimate of drug-likeness (QED) is 0.346. The van der Waals surface area contributed by atoms with Crippen LogP contribution >= 0.6 is 0 Å². The summed E-state index contributed by atoms with van der Waals surface area (Å²) in [4.78, 5) is 17.2. The molecule has 10 nitrogen and oxygen atoms in total. The van der Waals surface area contributed by atoms with Gasteiger partial charge in [-0.2, -0.15) is 0 Å². The number of carbonyl (C=O) groups excluding carboxylic acids is 1. The van der Waals surface area contributed by atoms with Crippen LogP contribution in [-0.4, -0.2) is 102 Å². The van der Waals surface area contributed by atoms with E-state index in [-0.39, 0.29) is 29.6 Å². The summed E-state index contributed by atoms with van der Waals surface area (Å²) < 4.78 is 28.7. The first-order chi connectivity index (χ1) is 21.3. The molecular weight excluding hydrogens is 560 g/mol. The van der Waals surface area contributed by atoms with E-state index in [4.69, 9.17) is 23.7 Å². The number of benzene rings is 2. The number of hydrogen-bond acceptors (Lipinski definition) is 8. The molecule has 0 aliphatic carbocycles. The lowest BCUT2D eigenvalue weighted by molar-refractivity contribution is 0.000411. The van der Waals surface area contributed by atoms with Crippen LogP contribution in [0.15, 0.2) is 42.5 Å². The molecule has 242 valence electrons. The average Bonchev–Trinajstić information content (AvgIpc) is 3.04. The summed E-state index contributed by atoms with van der Waals surface area (Å²) in [7, 11) is 3.44. The van der Waals surface area contributed by atoms with Crippen LogP contribution < -0.4 is 25.0 Å². The maximum absolute atomic E-state index is 12.9. The Kier molecular flexibility index (Phi) is 11.2. The first-order valence-corrected chi connectivity index (χ1v) is 16.0. The predicted molar refractivity (Wildman–Crippen MR) is 171 cm³/mol.